The van der Waals surface area contributed by atoms with Gasteiger partial charge in [-0.1, -0.05) is 29.8 Å². The van der Waals surface area contributed by atoms with E-state index in [9.17, 15) is 0 Å². The SMILES string of the molecule is CC(C)C(CBr)CN1CCN(C(C)C)CC1. The van der Waals surface area contributed by atoms with E-state index in [1.54, 1.807) is 0 Å². The van der Waals surface area contributed by atoms with E-state index in [4.69, 9.17) is 0 Å². The fourth-order valence-corrected chi connectivity index (χ4v) is 3.18. The zero-order valence-corrected chi connectivity index (χ0v) is 12.8. The summed E-state index contributed by atoms with van der Waals surface area (Å²) in [7, 11) is 0. The summed E-state index contributed by atoms with van der Waals surface area (Å²) >= 11 is 3.64. The fourth-order valence-electron chi connectivity index (χ4n) is 2.23. The van der Waals surface area contributed by atoms with Crippen molar-refractivity contribution in [2.24, 2.45) is 11.8 Å². The first-order valence-electron chi connectivity index (χ1n) is 6.57. The number of nitrogens with zero attached hydrogens (tertiary/aromatic N) is 2. The molecule has 0 saturated carbocycles. The Kier molecular flexibility index (Phi) is 6.30. The molecule has 0 aliphatic carbocycles. The third-order valence-corrected chi connectivity index (χ3v) is 4.60. The lowest BCUT2D eigenvalue weighted by Gasteiger charge is -2.38. The van der Waals surface area contributed by atoms with Crippen molar-refractivity contribution < 1.29 is 0 Å². The monoisotopic (exact) mass is 290 g/mol. The third-order valence-electron chi connectivity index (χ3n) is 3.77. The number of piperazine rings is 1. The summed E-state index contributed by atoms with van der Waals surface area (Å²) in [6, 6.07) is 0.708. The van der Waals surface area contributed by atoms with Crippen molar-refractivity contribution in [3.63, 3.8) is 0 Å². The highest BCUT2D eigenvalue weighted by molar-refractivity contribution is 9.09. The van der Waals surface area contributed by atoms with E-state index in [2.05, 4.69) is 53.4 Å². The molecule has 1 saturated heterocycles. The normalized spacial score (nSPS) is 21.9. The fraction of sp³-hybridized carbons (Fsp3) is 1.00. The van der Waals surface area contributed by atoms with Gasteiger partial charge >= 0.3 is 0 Å². The Balaban J connectivity index is 2.31. The third kappa shape index (κ3) is 4.34. The minimum Gasteiger partial charge on any atom is -0.300 e. The first-order valence-corrected chi connectivity index (χ1v) is 7.69. The topological polar surface area (TPSA) is 6.48 Å². The molecule has 1 unspecified atom stereocenters. The molecular weight excluding hydrogens is 264 g/mol. The van der Waals surface area contributed by atoms with Gasteiger partial charge in [0.1, 0.15) is 0 Å². The van der Waals surface area contributed by atoms with Gasteiger partial charge in [-0.25, -0.2) is 0 Å². The van der Waals surface area contributed by atoms with E-state index >= 15 is 0 Å². The molecule has 16 heavy (non-hydrogen) atoms. The van der Waals surface area contributed by atoms with Crippen LogP contribution in [0.15, 0.2) is 0 Å². The summed E-state index contributed by atoms with van der Waals surface area (Å²) in [6.07, 6.45) is 0. The van der Waals surface area contributed by atoms with Crippen molar-refractivity contribution in [3.8, 4) is 0 Å². The number of halogens is 1. The summed E-state index contributed by atoms with van der Waals surface area (Å²) in [6.45, 7) is 15.5. The average Bonchev–Trinajstić information content (AvgIpc) is 2.26. The Bertz CT molecular complexity index is 186. The maximum atomic E-state index is 3.64. The van der Waals surface area contributed by atoms with Crippen molar-refractivity contribution in [2.45, 2.75) is 33.7 Å². The van der Waals surface area contributed by atoms with Crippen LogP contribution >= 0.6 is 15.9 Å². The molecule has 0 aromatic rings. The van der Waals surface area contributed by atoms with Gasteiger partial charge in [0.2, 0.25) is 0 Å². The molecule has 1 rings (SSSR count). The Morgan fingerprint density at radius 3 is 1.94 bits per heavy atom. The summed E-state index contributed by atoms with van der Waals surface area (Å²) in [5.41, 5.74) is 0. The van der Waals surface area contributed by atoms with Gasteiger partial charge in [0.25, 0.3) is 0 Å². The van der Waals surface area contributed by atoms with Crippen molar-refractivity contribution in [2.75, 3.05) is 38.1 Å². The largest absolute Gasteiger partial charge is 0.300 e. The van der Waals surface area contributed by atoms with Crippen LogP contribution in [-0.2, 0) is 0 Å². The van der Waals surface area contributed by atoms with Gasteiger partial charge in [-0.3, -0.25) is 4.90 Å². The van der Waals surface area contributed by atoms with E-state index in [1.165, 1.54) is 32.7 Å². The van der Waals surface area contributed by atoms with Gasteiger partial charge in [-0.05, 0) is 25.7 Å². The van der Waals surface area contributed by atoms with E-state index in [-0.39, 0.29) is 0 Å². The quantitative estimate of drug-likeness (QED) is 0.719. The maximum Gasteiger partial charge on any atom is 0.0113 e. The molecule has 1 heterocycles. The molecule has 0 N–H and O–H groups in total. The van der Waals surface area contributed by atoms with Crippen LogP contribution in [0.3, 0.4) is 0 Å². The Morgan fingerprint density at radius 1 is 1.00 bits per heavy atom. The summed E-state index contributed by atoms with van der Waals surface area (Å²) in [5.74, 6) is 1.58. The molecule has 0 aromatic carbocycles. The molecule has 0 bridgehead atoms. The van der Waals surface area contributed by atoms with E-state index < -0.39 is 0 Å². The minimum atomic E-state index is 0.708. The second-order valence-corrected chi connectivity index (χ2v) is 6.24. The summed E-state index contributed by atoms with van der Waals surface area (Å²) in [5, 5.41) is 1.13. The van der Waals surface area contributed by atoms with E-state index in [0.717, 1.165) is 17.2 Å². The number of rotatable bonds is 5. The van der Waals surface area contributed by atoms with E-state index in [0.29, 0.717) is 6.04 Å². The molecule has 2 nitrogen and oxygen atoms in total. The van der Waals surface area contributed by atoms with Crippen LogP contribution in [0.4, 0.5) is 0 Å². The van der Waals surface area contributed by atoms with Crippen LogP contribution in [0.1, 0.15) is 27.7 Å². The van der Waals surface area contributed by atoms with Crippen molar-refractivity contribution in [1.29, 1.82) is 0 Å². The highest BCUT2D eigenvalue weighted by atomic mass is 79.9. The number of alkyl halides is 1. The Labute approximate surface area is 109 Å². The van der Waals surface area contributed by atoms with Crippen LogP contribution in [0.5, 0.6) is 0 Å². The second kappa shape index (κ2) is 6.97. The van der Waals surface area contributed by atoms with Crippen molar-refractivity contribution >= 4 is 15.9 Å². The summed E-state index contributed by atoms with van der Waals surface area (Å²) < 4.78 is 0. The molecule has 0 amide bonds. The first kappa shape index (κ1) is 14.5. The lowest BCUT2D eigenvalue weighted by atomic mass is 9.97. The molecule has 1 atom stereocenters. The molecule has 1 aliphatic heterocycles. The highest BCUT2D eigenvalue weighted by Gasteiger charge is 2.22. The second-order valence-electron chi connectivity index (χ2n) is 5.59. The lowest BCUT2D eigenvalue weighted by molar-refractivity contribution is 0.0937. The predicted molar refractivity (Wildman–Crippen MR) is 75.3 cm³/mol. The minimum absolute atomic E-state index is 0.708. The molecule has 1 aliphatic rings. The predicted octanol–water partition coefficient (Wildman–Crippen LogP) is 2.68. The molecule has 96 valence electrons. The molecule has 1 fully saturated rings. The van der Waals surface area contributed by atoms with Crippen LogP contribution in [-0.4, -0.2) is 53.9 Å². The molecular formula is C13H27BrN2. The van der Waals surface area contributed by atoms with Gasteiger partial charge in [0.05, 0.1) is 0 Å². The first-order chi connectivity index (χ1) is 7.54. The van der Waals surface area contributed by atoms with Gasteiger partial charge in [0.15, 0.2) is 0 Å². The van der Waals surface area contributed by atoms with Crippen LogP contribution in [0.25, 0.3) is 0 Å². The van der Waals surface area contributed by atoms with Crippen molar-refractivity contribution in [3.05, 3.63) is 0 Å². The zero-order valence-electron chi connectivity index (χ0n) is 11.2. The lowest BCUT2D eigenvalue weighted by Crippen LogP contribution is -2.50. The molecule has 0 radical (unpaired) electrons. The van der Waals surface area contributed by atoms with Crippen LogP contribution in [0.2, 0.25) is 0 Å². The van der Waals surface area contributed by atoms with Gasteiger partial charge in [-0.2, -0.15) is 0 Å². The maximum absolute atomic E-state index is 3.64. The van der Waals surface area contributed by atoms with E-state index in [1.807, 2.05) is 0 Å². The molecule has 3 heteroatoms. The molecule has 0 spiro atoms. The van der Waals surface area contributed by atoms with Gasteiger partial charge < -0.3 is 4.90 Å². The number of hydrogen-bond acceptors (Lipinski definition) is 2. The van der Waals surface area contributed by atoms with Crippen LogP contribution < -0.4 is 0 Å². The summed E-state index contributed by atoms with van der Waals surface area (Å²) in [4.78, 5) is 5.21. The zero-order chi connectivity index (χ0) is 12.1. The Hall–Kier alpha value is 0.400. The highest BCUT2D eigenvalue weighted by Crippen LogP contribution is 2.16. The standard InChI is InChI=1S/C13H27BrN2/c1-11(2)13(9-14)10-15-5-7-16(8-6-15)12(3)4/h11-13H,5-10H2,1-4H3. The number of hydrogen-bond donors (Lipinski definition) is 0. The average molecular weight is 291 g/mol. The van der Waals surface area contributed by atoms with Crippen molar-refractivity contribution in [1.82, 2.24) is 9.80 Å². The Morgan fingerprint density at radius 2 is 1.56 bits per heavy atom. The molecule has 0 aromatic heterocycles. The van der Waals surface area contributed by atoms with Gasteiger partial charge in [0, 0.05) is 44.1 Å². The van der Waals surface area contributed by atoms with Gasteiger partial charge in [-0.15, -0.1) is 0 Å². The van der Waals surface area contributed by atoms with Crippen LogP contribution in [0, 0.1) is 11.8 Å². The smallest absolute Gasteiger partial charge is 0.0113 e.